The zero-order chi connectivity index (χ0) is 16.3. The molecule has 2 aromatic rings. The van der Waals surface area contributed by atoms with E-state index in [4.69, 9.17) is 5.26 Å². The van der Waals surface area contributed by atoms with Crippen LogP contribution in [0.1, 0.15) is 37.1 Å². The molecular formula is C14H11BrF3N3O. The van der Waals surface area contributed by atoms with E-state index in [2.05, 4.69) is 21.0 Å². The summed E-state index contributed by atoms with van der Waals surface area (Å²) in [5.41, 5.74) is -1.89. The van der Waals surface area contributed by atoms with Crippen molar-refractivity contribution in [1.82, 2.24) is 9.78 Å². The fourth-order valence-corrected chi connectivity index (χ4v) is 3.39. The molecule has 0 aliphatic heterocycles. The van der Waals surface area contributed by atoms with E-state index >= 15 is 0 Å². The van der Waals surface area contributed by atoms with E-state index in [1.54, 1.807) is 6.92 Å². The van der Waals surface area contributed by atoms with Gasteiger partial charge < -0.3 is 5.11 Å². The van der Waals surface area contributed by atoms with Crippen LogP contribution in [0.25, 0.3) is 10.9 Å². The number of benzene rings is 1. The van der Waals surface area contributed by atoms with Gasteiger partial charge in [-0.1, -0.05) is 15.9 Å². The Bertz CT molecular complexity index is 796. The van der Waals surface area contributed by atoms with Crippen molar-refractivity contribution in [3.05, 3.63) is 27.9 Å². The molecule has 0 amide bonds. The Labute approximate surface area is 132 Å². The molecule has 1 fully saturated rings. The third kappa shape index (κ3) is 2.38. The summed E-state index contributed by atoms with van der Waals surface area (Å²) in [6.45, 7) is 1.63. The Morgan fingerprint density at radius 1 is 1.45 bits per heavy atom. The van der Waals surface area contributed by atoms with Crippen LogP contribution in [0.2, 0.25) is 0 Å². The number of aromatic nitrogens is 2. The summed E-state index contributed by atoms with van der Waals surface area (Å²) in [5, 5.41) is 23.2. The molecule has 8 heteroatoms. The molecule has 116 valence electrons. The second kappa shape index (κ2) is 4.70. The van der Waals surface area contributed by atoms with Crippen molar-refractivity contribution in [3.63, 3.8) is 0 Å². The second-order valence-electron chi connectivity index (χ2n) is 5.81. The minimum atomic E-state index is -4.56. The Hall–Kier alpha value is -1.59. The maximum Gasteiger partial charge on any atom is 0.418 e. The lowest BCUT2D eigenvalue weighted by Crippen LogP contribution is -2.42. The first kappa shape index (κ1) is 15.3. The third-order valence-electron chi connectivity index (χ3n) is 3.87. The summed E-state index contributed by atoms with van der Waals surface area (Å²) >= 11 is 3.05. The molecule has 0 bridgehead atoms. The van der Waals surface area contributed by atoms with E-state index in [0.29, 0.717) is 12.8 Å². The van der Waals surface area contributed by atoms with Crippen LogP contribution in [0.4, 0.5) is 13.2 Å². The van der Waals surface area contributed by atoms with E-state index in [9.17, 15) is 18.3 Å². The minimum absolute atomic E-state index is 0.0478. The molecule has 1 aliphatic rings. The molecule has 0 unspecified atom stereocenters. The van der Waals surface area contributed by atoms with Gasteiger partial charge in [-0.2, -0.15) is 23.5 Å². The lowest BCUT2D eigenvalue weighted by Gasteiger charge is -2.41. The van der Waals surface area contributed by atoms with E-state index in [0.717, 1.165) is 6.07 Å². The minimum Gasteiger partial charge on any atom is -0.390 e. The number of halogens is 4. The fourth-order valence-electron chi connectivity index (χ4n) is 2.93. The van der Waals surface area contributed by atoms with Gasteiger partial charge in [0, 0.05) is 9.86 Å². The van der Waals surface area contributed by atoms with Crippen LogP contribution < -0.4 is 0 Å². The number of aliphatic hydroxyl groups is 1. The highest BCUT2D eigenvalue weighted by atomic mass is 79.9. The van der Waals surface area contributed by atoms with Gasteiger partial charge in [-0.25, -0.2) is 0 Å². The number of nitriles is 1. The van der Waals surface area contributed by atoms with Crippen LogP contribution in [0.3, 0.4) is 0 Å². The van der Waals surface area contributed by atoms with Crippen LogP contribution in [-0.4, -0.2) is 20.5 Å². The monoisotopic (exact) mass is 373 g/mol. The number of hydrogen-bond acceptors (Lipinski definition) is 3. The number of rotatable bonds is 1. The lowest BCUT2D eigenvalue weighted by atomic mass is 9.77. The van der Waals surface area contributed by atoms with Crippen molar-refractivity contribution in [2.24, 2.45) is 0 Å². The SMILES string of the molecule is CC1(O)CC(n2nc(C#N)c3cc(Br)cc(C(F)(F)F)c32)C1. The standard InChI is InChI=1S/C14H11BrF3N3O/c1-13(22)4-8(5-13)21-12-9(11(6-19)20-21)2-7(15)3-10(12)14(16,17)18/h2-3,8,22H,4-5H2,1H3. The number of hydrogen-bond donors (Lipinski definition) is 1. The largest absolute Gasteiger partial charge is 0.418 e. The number of fused-ring (bicyclic) bond motifs is 1. The molecule has 0 radical (unpaired) electrons. The highest BCUT2D eigenvalue weighted by molar-refractivity contribution is 9.10. The van der Waals surface area contributed by atoms with Gasteiger partial charge in [-0.3, -0.25) is 4.68 Å². The van der Waals surface area contributed by atoms with Gasteiger partial charge in [-0.15, -0.1) is 0 Å². The predicted octanol–water partition coefficient (Wildman–Crippen LogP) is 3.78. The Kier molecular flexibility index (Phi) is 3.27. The van der Waals surface area contributed by atoms with Crippen LogP contribution in [0, 0.1) is 11.3 Å². The molecule has 22 heavy (non-hydrogen) atoms. The highest BCUT2D eigenvalue weighted by Crippen LogP contribution is 2.45. The summed E-state index contributed by atoms with van der Waals surface area (Å²) in [6, 6.07) is 3.94. The van der Waals surface area contributed by atoms with Gasteiger partial charge in [0.05, 0.1) is 22.7 Å². The summed E-state index contributed by atoms with van der Waals surface area (Å²) < 4.78 is 41.5. The molecule has 1 aliphatic carbocycles. The molecule has 0 saturated heterocycles. The summed E-state index contributed by atoms with van der Waals surface area (Å²) in [4.78, 5) is 0. The molecule has 0 atom stereocenters. The Morgan fingerprint density at radius 2 is 2.09 bits per heavy atom. The van der Waals surface area contributed by atoms with E-state index in [-0.39, 0.29) is 27.1 Å². The van der Waals surface area contributed by atoms with Gasteiger partial charge in [-0.05, 0) is 31.9 Å². The molecule has 3 rings (SSSR count). The summed E-state index contributed by atoms with van der Waals surface area (Å²) in [7, 11) is 0. The molecule has 1 aromatic heterocycles. The molecule has 0 spiro atoms. The molecule has 1 N–H and O–H groups in total. The zero-order valence-corrected chi connectivity index (χ0v) is 13.0. The van der Waals surface area contributed by atoms with Crippen LogP contribution >= 0.6 is 15.9 Å². The average molecular weight is 374 g/mol. The van der Waals surface area contributed by atoms with E-state index in [1.165, 1.54) is 10.7 Å². The summed E-state index contributed by atoms with van der Waals surface area (Å²) in [5.74, 6) is 0. The molecule has 1 saturated carbocycles. The van der Waals surface area contributed by atoms with Crippen molar-refractivity contribution in [2.45, 2.75) is 37.6 Å². The van der Waals surface area contributed by atoms with Gasteiger partial charge in [0.2, 0.25) is 0 Å². The van der Waals surface area contributed by atoms with Gasteiger partial charge >= 0.3 is 6.18 Å². The van der Waals surface area contributed by atoms with Gasteiger partial charge in [0.25, 0.3) is 0 Å². The third-order valence-corrected chi connectivity index (χ3v) is 4.33. The maximum atomic E-state index is 13.3. The average Bonchev–Trinajstić information content (AvgIpc) is 2.71. The normalized spacial score (nSPS) is 25.0. The van der Waals surface area contributed by atoms with Crippen molar-refractivity contribution in [1.29, 1.82) is 5.26 Å². The van der Waals surface area contributed by atoms with E-state index in [1.807, 2.05) is 6.07 Å². The number of nitrogens with zero attached hydrogens (tertiary/aromatic N) is 3. The first-order valence-electron chi connectivity index (χ1n) is 6.54. The first-order valence-corrected chi connectivity index (χ1v) is 7.33. The second-order valence-corrected chi connectivity index (χ2v) is 6.73. The van der Waals surface area contributed by atoms with Crippen LogP contribution in [-0.2, 0) is 6.18 Å². The van der Waals surface area contributed by atoms with Crippen LogP contribution in [0.15, 0.2) is 16.6 Å². The maximum absolute atomic E-state index is 13.3. The van der Waals surface area contributed by atoms with Crippen molar-refractivity contribution < 1.29 is 18.3 Å². The molecule has 1 heterocycles. The lowest BCUT2D eigenvalue weighted by molar-refractivity contribution is -0.136. The molecule has 4 nitrogen and oxygen atoms in total. The predicted molar refractivity (Wildman–Crippen MR) is 76.0 cm³/mol. The topological polar surface area (TPSA) is 61.8 Å². The smallest absolute Gasteiger partial charge is 0.390 e. The van der Waals surface area contributed by atoms with Crippen molar-refractivity contribution in [3.8, 4) is 6.07 Å². The quantitative estimate of drug-likeness (QED) is 0.827. The Morgan fingerprint density at radius 3 is 2.59 bits per heavy atom. The van der Waals surface area contributed by atoms with Crippen LogP contribution in [0.5, 0.6) is 0 Å². The molecular weight excluding hydrogens is 363 g/mol. The fraction of sp³-hybridized carbons (Fsp3) is 0.429. The van der Waals surface area contributed by atoms with Gasteiger partial charge in [0.15, 0.2) is 5.69 Å². The highest BCUT2D eigenvalue weighted by Gasteiger charge is 2.43. The summed E-state index contributed by atoms with van der Waals surface area (Å²) in [6.07, 6.45) is -3.94. The van der Waals surface area contributed by atoms with E-state index < -0.39 is 17.3 Å². The first-order chi connectivity index (χ1) is 10.1. The van der Waals surface area contributed by atoms with Crippen molar-refractivity contribution in [2.75, 3.05) is 0 Å². The number of alkyl halides is 3. The molecule has 1 aromatic carbocycles. The van der Waals surface area contributed by atoms with Gasteiger partial charge in [0.1, 0.15) is 6.07 Å². The van der Waals surface area contributed by atoms with Crippen molar-refractivity contribution >= 4 is 26.8 Å². The Balaban J connectivity index is 2.28. The zero-order valence-electron chi connectivity index (χ0n) is 11.4.